The van der Waals surface area contributed by atoms with Crippen LogP contribution in [-0.2, 0) is 4.79 Å². The Labute approximate surface area is 153 Å². The Morgan fingerprint density at radius 3 is 3.08 bits per heavy atom. The second kappa shape index (κ2) is 8.72. The van der Waals surface area contributed by atoms with E-state index in [1.807, 2.05) is 24.3 Å². The van der Waals surface area contributed by atoms with Crippen molar-refractivity contribution in [3.63, 3.8) is 0 Å². The molecular formula is C16H18N4O3S2. The van der Waals surface area contributed by atoms with Gasteiger partial charge in [-0.25, -0.2) is 0 Å². The fourth-order valence-corrected chi connectivity index (χ4v) is 3.66. The summed E-state index contributed by atoms with van der Waals surface area (Å²) in [6.45, 7) is 5.08. The smallest absolute Gasteiger partial charge is 0.230 e. The number of hydrogen-bond donors (Lipinski definition) is 2. The molecule has 2 aromatic rings. The lowest BCUT2D eigenvalue weighted by atomic mass is 10.2. The van der Waals surface area contributed by atoms with Crippen LogP contribution >= 0.6 is 23.1 Å². The summed E-state index contributed by atoms with van der Waals surface area (Å²) in [4.78, 5) is 12.0. The maximum absolute atomic E-state index is 12.0. The van der Waals surface area contributed by atoms with Gasteiger partial charge in [0.15, 0.2) is 15.8 Å². The lowest BCUT2D eigenvalue weighted by molar-refractivity contribution is -0.119. The highest BCUT2D eigenvalue weighted by Crippen LogP contribution is 2.30. The zero-order chi connectivity index (χ0) is 17.5. The Balaban J connectivity index is 1.38. The molecule has 1 aromatic carbocycles. The van der Waals surface area contributed by atoms with Gasteiger partial charge in [-0.15, -0.1) is 16.8 Å². The van der Waals surface area contributed by atoms with Crippen molar-refractivity contribution in [1.29, 1.82) is 0 Å². The molecule has 9 heteroatoms. The van der Waals surface area contributed by atoms with Crippen LogP contribution in [0.15, 0.2) is 41.3 Å². The van der Waals surface area contributed by atoms with Gasteiger partial charge in [0.2, 0.25) is 11.0 Å². The molecule has 0 saturated carbocycles. The predicted molar refractivity (Wildman–Crippen MR) is 98.7 cm³/mol. The van der Waals surface area contributed by atoms with Crippen LogP contribution in [0, 0.1) is 0 Å². The number of nitrogens with zero attached hydrogens (tertiary/aromatic N) is 2. The van der Waals surface area contributed by atoms with Crippen molar-refractivity contribution < 1.29 is 14.3 Å². The van der Waals surface area contributed by atoms with Gasteiger partial charge >= 0.3 is 0 Å². The Morgan fingerprint density at radius 2 is 2.24 bits per heavy atom. The maximum Gasteiger partial charge on any atom is 0.230 e. The van der Waals surface area contributed by atoms with Gasteiger partial charge in [-0.1, -0.05) is 41.3 Å². The third-order valence-corrected chi connectivity index (χ3v) is 5.24. The van der Waals surface area contributed by atoms with Crippen LogP contribution in [0.2, 0.25) is 0 Å². The first-order chi connectivity index (χ1) is 12.2. The third-order valence-electron chi connectivity index (χ3n) is 3.23. The van der Waals surface area contributed by atoms with Crippen LogP contribution in [0.1, 0.15) is 0 Å². The Bertz CT molecular complexity index is 738. The van der Waals surface area contributed by atoms with E-state index in [0.29, 0.717) is 30.6 Å². The highest BCUT2D eigenvalue weighted by Gasteiger charge is 2.21. The molecule has 2 heterocycles. The molecular weight excluding hydrogens is 360 g/mol. The fourth-order valence-electron chi connectivity index (χ4n) is 2.07. The molecule has 132 valence electrons. The van der Waals surface area contributed by atoms with Crippen LogP contribution in [0.5, 0.6) is 11.5 Å². The van der Waals surface area contributed by atoms with Crippen LogP contribution in [0.25, 0.3) is 0 Å². The number of rotatable bonds is 8. The summed E-state index contributed by atoms with van der Waals surface area (Å²) in [6, 6.07) is 7.50. The van der Waals surface area contributed by atoms with Crippen LogP contribution in [0.4, 0.5) is 5.13 Å². The van der Waals surface area contributed by atoms with E-state index in [-0.39, 0.29) is 17.8 Å². The summed E-state index contributed by atoms with van der Waals surface area (Å²) >= 11 is 2.76. The molecule has 0 bridgehead atoms. The first-order valence-corrected chi connectivity index (χ1v) is 9.51. The molecule has 2 N–H and O–H groups in total. The monoisotopic (exact) mass is 378 g/mol. The van der Waals surface area contributed by atoms with Gasteiger partial charge in [-0.2, -0.15) is 0 Å². The van der Waals surface area contributed by atoms with Gasteiger partial charge in [0.25, 0.3) is 0 Å². The summed E-state index contributed by atoms with van der Waals surface area (Å²) in [5, 5.41) is 14.7. The summed E-state index contributed by atoms with van der Waals surface area (Å²) in [5.74, 6) is 1.64. The second-order valence-corrected chi connectivity index (χ2v) is 7.33. The Morgan fingerprint density at radius 1 is 1.40 bits per heavy atom. The van der Waals surface area contributed by atoms with Crippen molar-refractivity contribution in [2.75, 3.05) is 30.8 Å². The minimum Gasteiger partial charge on any atom is -0.486 e. The van der Waals surface area contributed by atoms with E-state index in [4.69, 9.17) is 9.47 Å². The summed E-state index contributed by atoms with van der Waals surface area (Å²) in [6.07, 6.45) is 1.55. The lowest BCUT2D eigenvalue weighted by Crippen LogP contribution is -2.41. The van der Waals surface area contributed by atoms with Crippen molar-refractivity contribution in [1.82, 2.24) is 15.5 Å². The molecule has 1 atom stereocenters. The van der Waals surface area contributed by atoms with Gasteiger partial charge in [0, 0.05) is 6.54 Å². The van der Waals surface area contributed by atoms with E-state index in [0.717, 1.165) is 10.1 Å². The minimum absolute atomic E-state index is 0.0803. The van der Waals surface area contributed by atoms with E-state index >= 15 is 0 Å². The van der Waals surface area contributed by atoms with Crippen molar-refractivity contribution in [2.45, 2.75) is 10.4 Å². The largest absolute Gasteiger partial charge is 0.486 e. The summed E-state index contributed by atoms with van der Waals surface area (Å²) in [7, 11) is 0. The van der Waals surface area contributed by atoms with Crippen LogP contribution in [-0.4, -0.2) is 47.7 Å². The molecule has 1 aromatic heterocycles. The number of anilines is 1. The highest BCUT2D eigenvalue weighted by atomic mass is 32.2. The number of benzene rings is 1. The average molecular weight is 378 g/mol. The van der Waals surface area contributed by atoms with E-state index in [9.17, 15) is 4.79 Å². The minimum atomic E-state index is -0.194. The van der Waals surface area contributed by atoms with Crippen molar-refractivity contribution in [3.8, 4) is 11.5 Å². The van der Waals surface area contributed by atoms with Crippen LogP contribution < -0.4 is 20.1 Å². The zero-order valence-corrected chi connectivity index (χ0v) is 15.1. The van der Waals surface area contributed by atoms with Gasteiger partial charge in [0.1, 0.15) is 12.7 Å². The molecule has 0 spiro atoms. The normalized spacial score (nSPS) is 15.4. The number of ether oxygens (including phenoxy) is 2. The third kappa shape index (κ3) is 5.10. The number of amides is 1. The van der Waals surface area contributed by atoms with E-state index in [2.05, 4.69) is 27.4 Å². The first-order valence-electron chi connectivity index (χ1n) is 7.71. The van der Waals surface area contributed by atoms with E-state index in [1.54, 1.807) is 6.08 Å². The van der Waals surface area contributed by atoms with Crippen LogP contribution in [0.3, 0.4) is 0 Å². The standard InChI is InChI=1S/C16H18N4O3S2/c1-2-7-17-15-19-20-16(25-15)24-10-14(21)18-8-11-9-22-12-5-3-4-6-13(12)23-11/h2-6,11H,1,7-10H2,(H,17,19)(H,18,21)/t11-/m0/s1. The predicted octanol–water partition coefficient (Wildman–Crippen LogP) is 2.18. The quantitative estimate of drug-likeness (QED) is 0.538. The van der Waals surface area contributed by atoms with Gasteiger partial charge in [0.05, 0.1) is 12.3 Å². The van der Waals surface area contributed by atoms with Gasteiger partial charge in [-0.05, 0) is 12.1 Å². The molecule has 1 aliphatic rings. The molecule has 3 rings (SSSR count). The Hall–Kier alpha value is -2.26. The lowest BCUT2D eigenvalue weighted by Gasteiger charge is -2.26. The number of carbonyl (C=O) groups excluding carboxylic acids is 1. The van der Waals surface area contributed by atoms with Crippen molar-refractivity contribution in [3.05, 3.63) is 36.9 Å². The molecule has 0 unspecified atom stereocenters. The van der Waals surface area contributed by atoms with E-state index in [1.165, 1.54) is 23.1 Å². The molecule has 0 fully saturated rings. The second-order valence-electron chi connectivity index (χ2n) is 5.13. The van der Waals surface area contributed by atoms with E-state index < -0.39 is 0 Å². The molecule has 0 saturated heterocycles. The Kier molecular flexibility index (Phi) is 6.13. The number of aromatic nitrogens is 2. The van der Waals surface area contributed by atoms with Crippen molar-refractivity contribution >= 4 is 34.1 Å². The fraction of sp³-hybridized carbons (Fsp3) is 0.312. The topological polar surface area (TPSA) is 85.4 Å². The number of fused-ring (bicyclic) bond motifs is 1. The first kappa shape index (κ1) is 17.6. The molecule has 25 heavy (non-hydrogen) atoms. The maximum atomic E-state index is 12.0. The number of carbonyl (C=O) groups is 1. The summed E-state index contributed by atoms with van der Waals surface area (Å²) < 4.78 is 12.2. The summed E-state index contributed by atoms with van der Waals surface area (Å²) in [5.41, 5.74) is 0. The molecule has 0 aliphatic carbocycles. The number of hydrogen-bond acceptors (Lipinski definition) is 8. The zero-order valence-electron chi connectivity index (χ0n) is 13.4. The SMILES string of the molecule is C=CCNc1nnc(SCC(=O)NC[C@H]2COc3ccccc3O2)s1. The van der Waals surface area contributed by atoms with Gasteiger partial charge in [-0.3, -0.25) is 4.79 Å². The number of nitrogens with one attached hydrogen (secondary N) is 2. The molecule has 0 radical (unpaired) electrons. The van der Waals surface area contributed by atoms with Gasteiger partial charge < -0.3 is 20.1 Å². The molecule has 1 aliphatic heterocycles. The molecule has 1 amide bonds. The average Bonchev–Trinajstić information content (AvgIpc) is 3.10. The highest BCUT2D eigenvalue weighted by molar-refractivity contribution is 8.01. The number of para-hydroxylation sites is 2. The molecule has 7 nitrogen and oxygen atoms in total. The van der Waals surface area contributed by atoms with Crippen molar-refractivity contribution in [2.24, 2.45) is 0 Å². The number of thioether (sulfide) groups is 1.